The maximum Gasteiger partial charge on any atom is 0.290 e. The number of rotatable bonds is 4. The number of anilines is 1. The van der Waals surface area contributed by atoms with E-state index in [4.69, 9.17) is 9.90 Å². The minimum Gasteiger partial charge on any atom is -0.483 e. The van der Waals surface area contributed by atoms with Crippen molar-refractivity contribution in [3.05, 3.63) is 23.9 Å². The van der Waals surface area contributed by atoms with E-state index < -0.39 is 0 Å². The third-order valence-corrected chi connectivity index (χ3v) is 5.57. The lowest BCUT2D eigenvalue weighted by atomic mass is 9.76. The topological polar surface area (TPSA) is 89.5 Å². The lowest BCUT2D eigenvalue weighted by molar-refractivity contribution is -0.122. The fourth-order valence-electron chi connectivity index (χ4n) is 4.15. The highest BCUT2D eigenvalue weighted by Crippen LogP contribution is 2.35. The number of fused-ring (bicyclic) bond motifs is 4. The van der Waals surface area contributed by atoms with Gasteiger partial charge in [-0.2, -0.15) is 5.10 Å². The molecule has 2 N–H and O–H groups in total. The Morgan fingerprint density at radius 1 is 1.38 bits per heavy atom. The molecule has 0 radical (unpaired) electrons. The molecule has 0 amide bonds. The molecule has 3 aliphatic heterocycles. The Morgan fingerprint density at radius 2 is 2.08 bits per heavy atom. The Balaban J connectivity index is 0.000000613. The van der Waals surface area contributed by atoms with Crippen LogP contribution < -0.4 is 4.90 Å². The fraction of sp³-hybridized carbons (Fsp3) is 0.526. The van der Waals surface area contributed by atoms with E-state index >= 15 is 0 Å². The molecule has 0 saturated carbocycles. The molecule has 5 rings (SSSR count). The van der Waals surface area contributed by atoms with Crippen LogP contribution in [0.4, 0.5) is 5.69 Å². The van der Waals surface area contributed by atoms with E-state index in [1.807, 2.05) is 31.1 Å². The fourth-order valence-corrected chi connectivity index (χ4v) is 4.15. The molecule has 0 unspecified atom stereocenters. The molecule has 4 heterocycles. The molecular formula is C19H26N4O3. The zero-order chi connectivity index (χ0) is 18.7. The summed E-state index contributed by atoms with van der Waals surface area (Å²) in [4.78, 5) is 25.7. The van der Waals surface area contributed by atoms with Crippen LogP contribution in [0.1, 0.15) is 29.8 Å². The Morgan fingerprint density at radius 3 is 2.65 bits per heavy atom. The van der Waals surface area contributed by atoms with Gasteiger partial charge in [-0.25, -0.2) is 0 Å². The van der Waals surface area contributed by atoms with Gasteiger partial charge in [0.1, 0.15) is 5.69 Å². The highest BCUT2D eigenvalue weighted by Gasteiger charge is 2.35. The van der Waals surface area contributed by atoms with Crippen molar-refractivity contribution in [1.29, 1.82) is 0 Å². The molecule has 1 atom stereocenters. The number of carboxylic acid groups (broad SMARTS) is 1. The molecule has 2 aromatic rings. The molecule has 0 aliphatic carbocycles. The van der Waals surface area contributed by atoms with Crippen molar-refractivity contribution < 1.29 is 14.7 Å². The molecule has 1 aromatic carbocycles. The maximum absolute atomic E-state index is 12.8. The average molecular weight is 358 g/mol. The molecular weight excluding hydrogens is 332 g/mol. The molecule has 2 bridgehead atoms. The summed E-state index contributed by atoms with van der Waals surface area (Å²) in [6, 6.07) is 6.10. The number of H-pyrrole nitrogens is 1. The lowest BCUT2D eigenvalue weighted by Crippen LogP contribution is -2.47. The Kier molecular flexibility index (Phi) is 5.56. The summed E-state index contributed by atoms with van der Waals surface area (Å²) in [5, 5.41) is 15.2. The van der Waals surface area contributed by atoms with Gasteiger partial charge in [0.25, 0.3) is 6.47 Å². The van der Waals surface area contributed by atoms with E-state index in [1.54, 1.807) is 0 Å². The van der Waals surface area contributed by atoms with Gasteiger partial charge in [0.05, 0.1) is 5.52 Å². The highest BCUT2D eigenvalue weighted by molar-refractivity contribution is 6.06. The summed E-state index contributed by atoms with van der Waals surface area (Å²) in [5.74, 6) is 1.42. The minimum absolute atomic E-state index is 0.186. The van der Waals surface area contributed by atoms with Crippen molar-refractivity contribution in [2.75, 3.05) is 38.6 Å². The first-order valence-electron chi connectivity index (χ1n) is 9.02. The first kappa shape index (κ1) is 18.4. The van der Waals surface area contributed by atoms with Crippen LogP contribution in [-0.4, -0.2) is 66.2 Å². The predicted octanol–water partition coefficient (Wildman–Crippen LogP) is 2.24. The van der Waals surface area contributed by atoms with Gasteiger partial charge in [-0.1, -0.05) is 0 Å². The molecule has 0 spiro atoms. The number of aromatic nitrogens is 2. The third kappa shape index (κ3) is 3.72. The molecule has 3 fully saturated rings. The van der Waals surface area contributed by atoms with Crippen molar-refractivity contribution in [3.63, 3.8) is 0 Å². The number of piperidine rings is 3. The zero-order valence-corrected chi connectivity index (χ0v) is 15.3. The van der Waals surface area contributed by atoms with E-state index in [-0.39, 0.29) is 12.3 Å². The van der Waals surface area contributed by atoms with Crippen LogP contribution in [-0.2, 0) is 4.79 Å². The molecule has 26 heavy (non-hydrogen) atoms. The van der Waals surface area contributed by atoms with Crippen LogP contribution >= 0.6 is 0 Å². The number of carbonyl (C=O) groups excluding carboxylic acids is 1. The average Bonchev–Trinajstić information content (AvgIpc) is 3.06. The number of carbonyl (C=O) groups is 2. The number of Topliss-reactive ketones (excluding diaryl/α,β-unsaturated/α-hetero) is 1. The monoisotopic (exact) mass is 358 g/mol. The van der Waals surface area contributed by atoms with Crippen LogP contribution in [0.25, 0.3) is 10.9 Å². The third-order valence-electron chi connectivity index (χ3n) is 5.57. The van der Waals surface area contributed by atoms with Gasteiger partial charge in [-0.15, -0.1) is 0 Å². The SMILES string of the molecule is CN(C)c1ccc2[nH]nc(C(=O)C[C@@H]3CN4CCC3CC4)c2c1.O=CO. The number of nitrogens with one attached hydrogen (secondary N) is 1. The zero-order valence-electron chi connectivity index (χ0n) is 15.3. The Labute approximate surface area is 153 Å². The van der Waals surface area contributed by atoms with Gasteiger partial charge in [0, 0.05) is 38.1 Å². The second-order valence-corrected chi connectivity index (χ2v) is 7.33. The maximum atomic E-state index is 12.8. The van der Waals surface area contributed by atoms with Crippen LogP contribution in [0.3, 0.4) is 0 Å². The molecule has 7 heteroatoms. The second-order valence-electron chi connectivity index (χ2n) is 7.33. The summed E-state index contributed by atoms with van der Waals surface area (Å²) in [6.07, 6.45) is 3.14. The van der Waals surface area contributed by atoms with Crippen molar-refractivity contribution in [1.82, 2.24) is 15.1 Å². The normalized spacial score (nSPS) is 24.0. The van der Waals surface area contributed by atoms with E-state index in [0.29, 0.717) is 18.0 Å². The van der Waals surface area contributed by atoms with Gasteiger partial charge >= 0.3 is 0 Å². The van der Waals surface area contributed by atoms with E-state index in [2.05, 4.69) is 21.2 Å². The lowest BCUT2D eigenvalue weighted by Gasteiger charge is -2.44. The standard InChI is InChI=1S/C18H24N4O.CH2O2/c1-21(2)14-3-4-16-15(10-14)18(20-19-16)17(23)9-13-11-22-7-5-12(13)6-8-22;2-1-3/h3-4,10,12-13H,5-9,11H2,1-2H3,(H,19,20);1H,(H,2,3)/t13-;/m1./s1. The number of hydrogen-bond acceptors (Lipinski definition) is 5. The van der Waals surface area contributed by atoms with Crippen LogP contribution in [0.15, 0.2) is 18.2 Å². The minimum atomic E-state index is -0.250. The molecule has 140 valence electrons. The van der Waals surface area contributed by atoms with Crippen molar-refractivity contribution >= 4 is 28.8 Å². The van der Waals surface area contributed by atoms with Gasteiger partial charge < -0.3 is 14.9 Å². The smallest absolute Gasteiger partial charge is 0.290 e. The first-order chi connectivity index (χ1) is 12.5. The van der Waals surface area contributed by atoms with Gasteiger partial charge in [0.15, 0.2) is 5.78 Å². The van der Waals surface area contributed by atoms with Gasteiger partial charge in [0.2, 0.25) is 0 Å². The molecule has 7 nitrogen and oxygen atoms in total. The number of nitrogens with zero attached hydrogens (tertiary/aromatic N) is 3. The predicted molar refractivity (Wildman–Crippen MR) is 101 cm³/mol. The van der Waals surface area contributed by atoms with Crippen molar-refractivity contribution in [2.45, 2.75) is 19.3 Å². The summed E-state index contributed by atoms with van der Waals surface area (Å²) in [5.41, 5.74) is 2.64. The Hall–Kier alpha value is -2.41. The number of hydrogen-bond donors (Lipinski definition) is 2. The van der Waals surface area contributed by atoms with E-state index in [1.165, 1.54) is 25.9 Å². The summed E-state index contributed by atoms with van der Waals surface area (Å²) in [6.45, 7) is 3.27. The van der Waals surface area contributed by atoms with Crippen LogP contribution in [0, 0.1) is 11.8 Å². The second kappa shape index (κ2) is 7.86. The van der Waals surface area contributed by atoms with Crippen LogP contribution in [0.5, 0.6) is 0 Å². The Bertz CT molecular complexity index is 778. The number of ketones is 1. The summed E-state index contributed by atoms with van der Waals surface area (Å²) >= 11 is 0. The van der Waals surface area contributed by atoms with Gasteiger partial charge in [-0.05, 0) is 56.0 Å². The largest absolute Gasteiger partial charge is 0.483 e. The molecule has 3 aliphatic rings. The summed E-state index contributed by atoms with van der Waals surface area (Å²) in [7, 11) is 4.02. The van der Waals surface area contributed by atoms with Crippen LogP contribution in [0.2, 0.25) is 0 Å². The highest BCUT2D eigenvalue weighted by atomic mass is 16.3. The van der Waals surface area contributed by atoms with Crippen molar-refractivity contribution in [2.24, 2.45) is 11.8 Å². The first-order valence-corrected chi connectivity index (χ1v) is 9.02. The van der Waals surface area contributed by atoms with Gasteiger partial charge in [-0.3, -0.25) is 14.7 Å². The quantitative estimate of drug-likeness (QED) is 0.644. The van der Waals surface area contributed by atoms with Crippen molar-refractivity contribution in [3.8, 4) is 0 Å². The molecule has 1 aromatic heterocycles. The molecule has 3 saturated heterocycles. The van der Waals surface area contributed by atoms with E-state index in [9.17, 15) is 4.79 Å². The van der Waals surface area contributed by atoms with E-state index in [0.717, 1.165) is 29.1 Å². The number of aromatic amines is 1. The number of benzene rings is 1. The summed E-state index contributed by atoms with van der Waals surface area (Å²) < 4.78 is 0.